The van der Waals surface area contributed by atoms with Crippen LogP contribution in [0.2, 0.25) is 0 Å². The molecule has 0 unspecified atom stereocenters. The average Bonchev–Trinajstić information content (AvgIpc) is 3.33. The fourth-order valence-electron chi connectivity index (χ4n) is 10.6. The Morgan fingerprint density at radius 2 is 1.47 bits per heavy atom. The third-order valence-electron chi connectivity index (χ3n) is 12.7. The minimum absolute atomic E-state index is 0.0194. The topological polar surface area (TPSA) is 116 Å². The van der Waals surface area contributed by atoms with Gasteiger partial charge in [-0.05, 0) is 104 Å². The van der Waals surface area contributed by atoms with E-state index >= 15 is 0 Å². The summed E-state index contributed by atoms with van der Waals surface area (Å²) in [6.07, 6.45) is 7.08. The fraction of sp³-hybridized carbons (Fsp3) is 0.781. The number of aliphatic hydroxyl groups excluding tert-OH is 2. The number of carbonyl (C=O) groups is 1. The first-order valence-electron chi connectivity index (χ1n) is 16.2. The lowest BCUT2D eigenvalue weighted by Gasteiger charge is -2.64. The molecule has 45 heavy (non-hydrogen) atoms. The van der Waals surface area contributed by atoms with Crippen LogP contribution in [0.3, 0.4) is 0 Å². The number of benzene rings is 1. The van der Waals surface area contributed by atoms with E-state index in [1.54, 1.807) is 0 Å². The fourth-order valence-corrected chi connectivity index (χ4v) is 11.6. The van der Waals surface area contributed by atoms with Gasteiger partial charge in [0.2, 0.25) is 5.82 Å². The molecule has 0 bridgehead atoms. The molecule has 4 aliphatic carbocycles. The summed E-state index contributed by atoms with van der Waals surface area (Å²) in [5.41, 5.74) is 0.0539. The van der Waals surface area contributed by atoms with Gasteiger partial charge in [-0.25, -0.2) is 39.9 Å². The minimum Gasteiger partial charge on any atom is -0.393 e. The molecular weight excluding hydrogens is 619 g/mol. The van der Waals surface area contributed by atoms with Gasteiger partial charge in [0, 0.05) is 6.54 Å². The van der Waals surface area contributed by atoms with Crippen LogP contribution in [-0.4, -0.2) is 43.4 Å². The highest BCUT2D eigenvalue weighted by molar-refractivity contribution is 7.90. The number of hydrogen-bond donors (Lipinski definition) is 4. The highest BCUT2D eigenvalue weighted by atomic mass is 32.2. The van der Waals surface area contributed by atoms with Crippen molar-refractivity contribution in [3.63, 3.8) is 0 Å². The second kappa shape index (κ2) is 12.2. The van der Waals surface area contributed by atoms with Gasteiger partial charge in [0.1, 0.15) is 0 Å². The first-order valence-corrected chi connectivity index (χ1v) is 17.7. The van der Waals surface area contributed by atoms with Gasteiger partial charge in [0.15, 0.2) is 28.2 Å². The van der Waals surface area contributed by atoms with Crippen molar-refractivity contribution < 1.29 is 45.4 Å². The van der Waals surface area contributed by atoms with Crippen molar-refractivity contribution >= 4 is 16.1 Å². The minimum atomic E-state index is -5.41. The molecule has 0 aromatic heterocycles. The van der Waals surface area contributed by atoms with Crippen LogP contribution < -0.4 is 10.0 Å². The van der Waals surface area contributed by atoms with E-state index in [1.165, 1.54) is 4.72 Å². The maximum atomic E-state index is 14.0. The van der Waals surface area contributed by atoms with Crippen LogP contribution >= 0.6 is 0 Å². The molecule has 4 fully saturated rings. The third-order valence-corrected chi connectivity index (χ3v) is 14.1. The number of carbonyl (C=O) groups excluding carboxylic acids is 1. The summed E-state index contributed by atoms with van der Waals surface area (Å²) in [6, 6.07) is -1.35. The molecular formula is C32H45F5N2O5S. The Hall–Kier alpha value is -1.99. The maximum Gasteiger partial charge on any atom is 0.328 e. The number of hydrogen-bond acceptors (Lipinski definition) is 5. The first-order chi connectivity index (χ1) is 21.0. The van der Waals surface area contributed by atoms with Gasteiger partial charge in [0.05, 0.1) is 12.2 Å². The Labute approximate surface area is 261 Å². The van der Waals surface area contributed by atoms with Crippen LogP contribution in [0.4, 0.5) is 26.7 Å². The number of aliphatic hydroxyl groups is 2. The summed E-state index contributed by atoms with van der Waals surface area (Å²) >= 11 is 0. The molecule has 0 saturated heterocycles. The first kappa shape index (κ1) is 34.3. The third kappa shape index (κ3) is 5.56. The Morgan fingerprint density at radius 3 is 2.09 bits per heavy atom. The van der Waals surface area contributed by atoms with Crippen LogP contribution in [0, 0.1) is 81.3 Å². The predicted molar refractivity (Wildman–Crippen MR) is 156 cm³/mol. The van der Waals surface area contributed by atoms with Gasteiger partial charge in [-0.1, -0.05) is 34.1 Å². The highest BCUT2D eigenvalue weighted by Gasteiger charge is 2.64. The average molecular weight is 665 g/mol. The molecule has 0 aliphatic heterocycles. The van der Waals surface area contributed by atoms with Crippen molar-refractivity contribution in [3.8, 4) is 0 Å². The van der Waals surface area contributed by atoms with Gasteiger partial charge in [-0.15, -0.1) is 0 Å². The summed E-state index contributed by atoms with van der Waals surface area (Å²) in [5.74, 6) is -10.7. The second-order valence-corrected chi connectivity index (χ2v) is 16.3. The molecule has 4 saturated carbocycles. The second-order valence-electron chi connectivity index (χ2n) is 14.6. The van der Waals surface area contributed by atoms with E-state index in [2.05, 4.69) is 33.0 Å². The summed E-state index contributed by atoms with van der Waals surface area (Å²) in [6.45, 7) is 8.92. The monoisotopic (exact) mass is 664 g/mol. The molecule has 11 atom stereocenters. The van der Waals surface area contributed by atoms with Crippen molar-refractivity contribution in [1.29, 1.82) is 0 Å². The number of rotatable bonds is 7. The molecule has 7 nitrogen and oxygen atoms in total. The molecule has 1 aromatic rings. The van der Waals surface area contributed by atoms with E-state index < -0.39 is 56.1 Å². The van der Waals surface area contributed by atoms with Crippen molar-refractivity contribution in [2.24, 2.45) is 52.3 Å². The zero-order valence-corrected chi connectivity index (χ0v) is 27.0. The van der Waals surface area contributed by atoms with Crippen molar-refractivity contribution in [2.45, 2.75) is 103 Å². The van der Waals surface area contributed by atoms with Crippen molar-refractivity contribution in [3.05, 3.63) is 29.1 Å². The molecule has 0 radical (unpaired) electrons. The van der Waals surface area contributed by atoms with Crippen LogP contribution in [-0.2, 0) is 10.0 Å². The Bertz CT molecular complexity index is 1400. The van der Waals surface area contributed by atoms with Gasteiger partial charge in [-0.3, -0.25) is 0 Å². The van der Waals surface area contributed by atoms with E-state index in [0.717, 1.165) is 51.4 Å². The Morgan fingerprint density at radius 1 is 0.889 bits per heavy atom. The quantitative estimate of drug-likeness (QED) is 0.162. The van der Waals surface area contributed by atoms with Gasteiger partial charge in [-0.2, -0.15) is 0 Å². The molecule has 1 aromatic carbocycles. The molecule has 0 heterocycles. The lowest BCUT2D eigenvalue weighted by molar-refractivity contribution is -0.203. The molecule has 13 heteroatoms. The SMILES string of the molecule is CC[C@H]1[C@@H](O)[C@@H]2[C@H](CC[C@]3(C)[C@@H]([C@H](C)CCNC(=O)NS(=O)(=O)c4c(F)c(F)c(F)c(F)c4F)CC[C@@H]23)[C@@]2(C)CC[C@@H](O)C[C@@H]12. The summed E-state index contributed by atoms with van der Waals surface area (Å²) < 4.78 is 94.6. The standard InChI is InChI=1S/C32H45F5N2O5S/c1-5-17-21-14-16(40)8-11-32(21,4)20-9-12-31(3)18(6-7-19(31)22(20)28(17)41)15(2)10-13-38-30(42)39-45(43,44)29-26(36)24(34)23(33)25(35)27(29)37/h15-22,28,40-41H,5-14H2,1-4H3,(H2,38,39,42)/t15-,16-,17-,18-,19+,20+,21+,22+,28-,31-,32-/m1/s1. The number of halogens is 5. The smallest absolute Gasteiger partial charge is 0.328 e. The number of sulfonamides is 1. The number of amides is 2. The van der Waals surface area contributed by atoms with Crippen LogP contribution in [0.1, 0.15) is 85.5 Å². The molecule has 4 aliphatic rings. The van der Waals surface area contributed by atoms with Gasteiger partial charge in [0.25, 0.3) is 10.0 Å². The van der Waals surface area contributed by atoms with E-state index in [4.69, 9.17) is 0 Å². The van der Waals surface area contributed by atoms with Gasteiger partial charge < -0.3 is 15.5 Å². The zero-order chi connectivity index (χ0) is 33.2. The van der Waals surface area contributed by atoms with Crippen LogP contribution in [0.5, 0.6) is 0 Å². The number of fused-ring (bicyclic) bond motifs is 5. The van der Waals surface area contributed by atoms with E-state index in [1.807, 2.05) is 0 Å². The molecule has 0 spiro atoms. The van der Waals surface area contributed by atoms with Crippen molar-refractivity contribution in [1.82, 2.24) is 10.0 Å². The Balaban J connectivity index is 1.23. The van der Waals surface area contributed by atoms with Crippen LogP contribution in [0.15, 0.2) is 4.90 Å². The normalized spacial score (nSPS) is 38.6. The number of nitrogens with one attached hydrogen (secondary N) is 2. The number of urea groups is 1. The molecule has 2 amide bonds. The summed E-state index contributed by atoms with van der Waals surface area (Å²) in [5, 5.41) is 24.7. The molecule has 4 N–H and O–H groups in total. The van der Waals surface area contributed by atoms with Gasteiger partial charge >= 0.3 is 6.03 Å². The predicted octanol–water partition coefficient (Wildman–Crippen LogP) is 6.02. The van der Waals surface area contributed by atoms with Crippen LogP contribution in [0.25, 0.3) is 0 Å². The maximum absolute atomic E-state index is 14.0. The lowest BCUT2D eigenvalue weighted by atomic mass is 9.41. The largest absolute Gasteiger partial charge is 0.393 e. The molecule has 5 rings (SSSR count). The van der Waals surface area contributed by atoms with E-state index in [0.29, 0.717) is 24.2 Å². The lowest BCUT2D eigenvalue weighted by Crippen LogP contribution is -2.62. The molecule has 254 valence electrons. The Kier molecular flexibility index (Phi) is 9.33. The van der Waals surface area contributed by atoms with Crippen molar-refractivity contribution in [2.75, 3.05) is 6.54 Å². The zero-order valence-electron chi connectivity index (χ0n) is 26.2. The highest BCUT2D eigenvalue weighted by Crippen LogP contribution is 2.69. The summed E-state index contributed by atoms with van der Waals surface area (Å²) in [4.78, 5) is 10.2. The summed E-state index contributed by atoms with van der Waals surface area (Å²) in [7, 11) is -5.41. The van der Waals surface area contributed by atoms with E-state index in [9.17, 15) is 45.4 Å². The van der Waals surface area contributed by atoms with E-state index in [-0.39, 0.29) is 47.2 Å².